The maximum absolute atomic E-state index is 11.5. The standard InChI is InChI=1S/C27H30O5/c28-16-6-1-2-7-17-32-24-13-10-20(11-14-24)25-15-12-22(27(30)31)18-23(25)19-26(29)21-8-4-3-5-9-21/h3-5,8-15,18,26,28-29H,1-2,6-7,16-17,19H2,(H,30,31). The molecule has 32 heavy (non-hydrogen) atoms. The van der Waals surface area contributed by atoms with Crippen molar-refractivity contribution in [2.45, 2.75) is 38.2 Å². The molecule has 0 saturated heterocycles. The van der Waals surface area contributed by atoms with E-state index in [0.29, 0.717) is 13.0 Å². The van der Waals surface area contributed by atoms with Crippen molar-refractivity contribution >= 4 is 5.97 Å². The quantitative estimate of drug-likeness (QED) is 0.339. The molecule has 1 unspecified atom stereocenters. The molecule has 0 saturated carbocycles. The van der Waals surface area contributed by atoms with Crippen LogP contribution in [0.5, 0.6) is 5.75 Å². The molecule has 3 aromatic carbocycles. The van der Waals surface area contributed by atoms with Crippen LogP contribution >= 0.6 is 0 Å². The van der Waals surface area contributed by atoms with Crippen LogP contribution in [0.2, 0.25) is 0 Å². The molecule has 0 aliphatic carbocycles. The number of ether oxygens (including phenoxy) is 1. The van der Waals surface area contributed by atoms with Crippen molar-refractivity contribution < 1.29 is 24.9 Å². The minimum atomic E-state index is -0.991. The van der Waals surface area contributed by atoms with Crippen molar-refractivity contribution in [3.8, 4) is 16.9 Å². The van der Waals surface area contributed by atoms with Crippen LogP contribution in [0, 0.1) is 0 Å². The van der Waals surface area contributed by atoms with Crippen LogP contribution in [0.3, 0.4) is 0 Å². The lowest BCUT2D eigenvalue weighted by Crippen LogP contribution is -2.05. The van der Waals surface area contributed by atoms with Crippen LogP contribution < -0.4 is 4.74 Å². The van der Waals surface area contributed by atoms with Gasteiger partial charge in [0, 0.05) is 13.0 Å². The average molecular weight is 435 g/mol. The summed E-state index contributed by atoms with van der Waals surface area (Å²) in [4.78, 5) is 11.5. The zero-order valence-electron chi connectivity index (χ0n) is 18.1. The van der Waals surface area contributed by atoms with E-state index in [2.05, 4.69) is 0 Å². The number of benzene rings is 3. The molecule has 0 aliphatic heterocycles. The van der Waals surface area contributed by atoms with Gasteiger partial charge in [0.05, 0.1) is 18.3 Å². The van der Waals surface area contributed by atoms with E-state index >= 15 is 0 Å². The summed E-state index contributed by atoms with van der Waals surface area (Å²) < 4.78 is 5.80. The lowest BCUT2D eigenvalue weighted by Gasteiger charge is -2.16. The van der Waals surface area contributed by atoms with Crippen LogP contribution in [0.15, 0.2) is 72.8 Å². The van der Waals surface area contributed by atoms with Crippen LogP contribution in [0.1, 0.15) is 53.3 Å². The molecule has 5 heteroatoms. The highest BCUT2D eigenvalue weighted by Crippen LogP contribution is 2.30. The van der Waals surface area contributed by atoms with E-state index in [0.717, 1.165) is 53.7 Å². The Morgan fingerprint density at radius 2 is 1.59 bits per heavy atom. The van der Waals surface area contributed by atoms with Gasteiger partial charge in [-0.25, -0.2) is 4.79 Å². The molecule has 0 bridgehead atoms. The predicted molar refractivity (Wildman–Crippen MR) is 125 cm³/mol. The van der Waals surface area contributed by atoms with Gasteiger partial charge in [-0.05, 0) is 65.8 Å². The van der Waals surface area contributed by atoms with Gasteiger partial charge in [0.1, 0.15) is 5.75 Å². The van der Waals surface area contributed by atoms with Crippen LogP contribution in [0.25, 0.3) is 11.1 Å². The fourth-order valence-corrected chi connectivity index (χ4v) is 3.67. The number of hydrogen-bond acceptors (Lipinski definition) is 4. The molecule has 0 heterocycles. The monoisotopic (exact) mass is 434 g/mol. The van der Waals surface area contributed by atoms with Crippen molar-refractivity contribution in [2.75, 3.05) is 13.2 Å². The molecule has 0 amide bonds. The lowest BCUT2D eigenvalue weighted by molar-refractivity contribution is 0.0696. The van der Waals surface area contributed by atoms with Crippen LogP contribution in [-0.2, 0) is 6.42 Å². The average Bonchev–Trinajstić information content (AvgIpc) is 2.82. The minimum absolute atomic E-state index is 0.199. The second-order valence-corrected chi connectivity index (χ2v) is 7.82. The number of carboxylic acid groups (broad SMARTS) is 1. The third-order valence-electron chi connectivity index (χ3n) is 5.44. The molecular weight excluding hydrogens is 404 g/mol. The summed E-state index contributed by atoms with van der Waals surface area (Å²) in [6.45, 7) is 0.868. The first-order valence-electron chi connectivity index (χ1n) is 11.0. The van der Waals surface area contributed by atoms with E-state index in [1.165, 1.54) is 0 Å². The van der Waals surface area contributed by atoms with Gasteiger partial charge in [0.25, 0.3) is 0 Å². The molecule has 0 radical (unpaired) electrons. The number of aliphatic hydroxyl groups is 2. The van der Waals surface area contributed by atoms with E-state index < -0.39 is 12.1 Å². The summed E-state index contributed by atoms with van der Waals surface area (Å²) in [7, 11) is 0. The molecule has 0 aliphatic rings. The summed E-state index contributed by atoms with van der Waals surface area (Å²) in [5.41, 5.74) is 3.60. The topological polar surface area (TPSA) is 87.0 Å². The molecule has 0 aromatic heterocycles. The zero-order chi connectivity index (χ0) is 22.8. The number of hydrogen-bond donors (Lipinski definition) is 3. The number of aliphatic hydroxyl groups excluding tert-OH is 2. The highest BCUT2D eigenvalue weighted by atomic mass is 16.5. The third-order valence-corrected chi connectivity index (χ3v) is 5.44. The second kappa shape index (κ2) is 12.0. The summed E-state index contributed by atoms with van der Waals surface area (Å²) in [6, 6.07) is 22.1. The Morgan fingerprint density at radius 1 is 0.875 bits per heavy atom. The first-order valence-corrected chi connectivity index (χ1v) is 11.0. The lowest BCUT2D eigenvalue weighted by atomic mass is 9.92. The van der Waals surface area contributed by atoms with Gasteiger partial charge >= 0.3 is 5.97 Å². The van der Waals surface area contributed by atoms with Gasteiger partial charge in [0.15, 0.2) is 0 Å². The molecule has 1 atom stereocenters. The van der Waals surface area contributed by atoms with Gasteiger partial charge in [-0.1, -0.05) is 55.0 Å². The molecule has 0 spiro atoms. The summed E-state index contributed by atoms with van der Waals surface area (Å²) in [6.07, 6.45) is 3.39. The zero-order valence-corrected chi connectivity index (χ0v) is 18.1. The Labute approximate surface area is 188 Å². The summed E-state index contributed by atoms with van der Waals surface area (Å²) in [5, 5.41) is 28.9. The maximum Gasteiger partial charge on any atom is 0.335 e. The van der Waals surface area contributed by atoms with Crippen molar-refractivity contribution in [1.82, 2.24) is 0 Å². The Kier molecular flexibility index (Phi) is 8.84. The minimum Gasteiger partial charge on any atom is -0.494 e. The van der Waals surface area contributed by atoms with Gasteiger partial charge in [-0.15, -0.1) is 0 Å². The van der Waals surface area contributed by atoms with E-state index in [1.54, 1.807) is 18.2 Å². The second-order valence-electron chi connectivity index (χ2n) is 7.82. The number of aromatic carboxylic acids is 1. The first-order chi connectivity index (χ1) is 15.6. The maximum atomic E-state index is 11.5. The van der Waals surface area contributed by atoms with Crippen LogP contribution in [0.4, 0.5) is 0 Å². The first kappa shape index (κ1) is 23.5. The Balaban J connectivity index is 1.74. The van der Waals surface area contributed by atoms with Crippen molar-refractivity contribution in [1.29, 1.82) is 0 Å². The highest BCUT2D eigenvalue weighted by molar-refractivity contribution is 5.89. The number of rotatable bonds is 12. The Bertz CT molecular complexity index is 983. The van der Waals surface area contributed by atoms with Gasteiger partial charge < -0.3 is 20.1 Å². The third kappa shape index (κ3) is 6.67. The van der Waals surface area contributed by atoms with E-state index in [4.69, 9.17) is 9.84 Å². The van der Waals surface area contributed by atoms with E-state index in [-0.39, 0.29) is 12.2 Å². The Morgan fingerprint density at radius 3 is 2.28 bits per heavy atom. The van der Waals surface area contributed by atoms with Gasteiger partial charge in [0.2, 0.25) is 0 Å². The molecule has 168 valence electrons. The number of unbranched alkanes of at least 4 members (excludes halogenated alkanes) is 3. The van der Waals surface area contributed by atoms with E-state index in [1.807, 2.05) is 54.6 Å². The SMILES string of the molecule is O=C(O)c1ccc(-c2ccc(OCCCCCCO)cc2)c(CC(O)c2ccccc2)c1. The molecule has 0 fully saturated rings. The molecule has 3 N–H and O–H groups in total. The predicted octanol–water partition coefficient (Wildman–Crippen LogP) is 5.26. The van der Waals surface area contributed by atoms with E-state index in [9.17, 15) is 15.0 Å². The largest absolute Gasteiger partial charge is 0.494 e. The van der Waals surface area contributed by atoms with Crippen molar-refractivity contribution in [3.05, 3.63) is 89.5 Å². The van der Waals surface area contributed by atoms with Crippen LogP contribution in [-0.4, -0.2) is 34.5 Å². The van der Waals surface area contributed by atoms with Gasteiger partial charge in [-0.3, -0.25) is 0 Å². The van der Waals surface area contributed by atoms with Gasteiger partial charge in [-0.2, -0.15) is 0 Å². The molecule has 3 aromatic rings. The van der Waals surface area contributed by atoms with Crippen molar-refractivity contribution in [2.24, 2.45) is 0 Å². The number of carbonyl (C=O) groups is 1. The highest BCUT2D eigenvalue weighted by Gasteiger charge is 2.15. The fourth-order valence-electron chi connectivity index (χ4n) is 3.67. The summed E-state index contributed by atoms with van der Waals surface area (Å²) in [5.74, 6) is -0.210. The normalized spacial score (nSPS) is 11.8. The number of carboxylic acids is 1. The summed E-state index contributed by atoms with van der Waals surface area (Å²) >= 11 is 0. The fraction of sp³-hybridized carbons (Fsp3) is 0.296. The Hall–Kier alpha value is -3.15. The smallest absolute Gasteiger partial charge is 0.335 e. The van der Waals surface area contributed by atoms with Crippen molar-refractivity contribution in [3.63, 3.8) is 0 Å². The molecule has 5 nitrogen and oxygen atoms in total. The molecule has 3 rings (SSSR count). The molecular formula is C27H30O5.